The summed E-state index contributed by atoms with van der Waals surface area (Å²) in [6, 6.07) is 9.79. The van der Waals surface area contributed by atoms with Crippen LogP contribution >= 0.6 is 0 Å². The number of nitrogens with zero attached hydrogens (tertiary/aromatic N) is 3. The Balaban J connectivity index is 2.32. The predicted octanol–water partition coefficient (Wildman–Crippen LogP) is 2.76. The van der Waals surface area contributed by atoms with E-state index in [1.165, 1.54) is 41.0 Å². The molecule has 0 amide bonds. The van der Waals surface area contributed by atoms with Gasteiger partial charge in [0.2, 0.25) is 5.95 Å². The van der Waals surface area contributed by atoms with Gasteiger partial charge in [0.1, 0.15) is 17.7 Å². The summed E-state index contributed by atoms with van der Waals surface area (Å²) in [5.41, 5.74) is 7.14. The summed E-state index contributed by atoms with van der Waals surface area (Å²) in [7, 11) is 0. The molecular formula is C14H8F2N4. The number of rotatable bonds is 1. The summed E-state index contributed by atoms with van der Waals surface area (Å²) in [5, 5.41) is 8.86. The average Bonchev–Trinajstić information content (AvgIpc) is 2.75. The van der Waals surface area contributed by atoms with Gasteiger partial charge in [-0.15, -0.1) is 0 Å². The number of halogens is 2. The minimum absolute atomic E-state index is 0.111. The molecule has 0 radical (unpaired) electrons. The van der Waals surface area contributed by atoms with Gasteiger partial charge in [0.05, 0.1) is 22.3 Å². The molecule has 0 aliphatic heterocycles. The second-order valence-electron chi connectivity index (χ2n) is 4.21. The monoisotopic (exact) mass is 270 g/mol. The highest BCUT2D eigenvalue weighted by molar-refractivity contribution is 5.81. The SMILES string of the molecule is N#Cc1cc(-n2c(N)nc3ccc(F)cc32)ccc1F. The lowest BCUT2D eigenvalue weighted by molar-refractivity contribution is 0.623. The Labute approximate surface area is 112 Å². The van der Waals surface area contributed by atoms with E-state index in [2.05, 4.69) is 4.98 Å². The number of nitrogens with two attached hydrogens (primary N) is 1. The fraction of sp³-hybridized carbons (Fsp3) is 0. The first kappa shape index (κ1) is 12.1. The summed E-state index contributed by atoms with van der Waals surface area (Å²) in [4.78, 5) is 4.11. The molecule has 0 aliphatic carbocycles. The van der Waals surface area contributed by atoms with Crippen LogP contribution in [-0.4, -0.2) is 9.55 Å². The lowest BCUT2D eigenvalue weighted by Gasteiger charge is -2.07. The molecule has 20 heavy (non-hydrogen) atoms. The van der Waals surface area contributed by atoms with E-state index in [4.69, 9.17) is 11.0 Å². The van der Waals surface area contributed by atoms with Crippen LogP contribution in [0.4, 0.5) is 14.7 Å². The Morgan fingerprint density at radius 1 is 1.15 bits per heavy atom. The van der Waals surface area contributed by atoms with Crippen molar-refractivity contribution < 1.29 is 8.78 Å². The molecule has 0 saturated carbocycles. The minimum Gasteiger partial charge on any atom is -0.369 e. The normalized spacial score (nSPS) is 10.7. The minimum atomic E-state index is -0.620. The molecule has 2 aromatic carbocycles. The van der Waals surface area contributed by atoms with Crippen molar-refractivity contribution in [2.75, 3.05) is 5.73 Å². The maximum Gasteiger partial charge on any atom is 0.205 e. The number of anilines is 1. The molecule has 1 heterocycles. The Bertz CT molecular complexity index is 861. The third-order valence-corrected chi connectivity index (χ3v) is 2.97. The van der Waals surface area contributed by atoms with Crippen LogP contribution in [0.2, 0.25) is 0 Å². The molecule has 4 nitrogen and oxygen atoms in total. The Morgan fingerprint density at radius 3 is 2.70 bits per heavy atom. The average molecular weight is 270 g/mol. The number of hydrogen-bond donors (Lipinski definition) is 1. The highest BCUT2D eigenvalue weighted by atomic mass is 19.1. The van der Waals surface area contributed by atoms with Crippen LogP contribution in [0.3, 0.4) is 0 Å². The number of hydrogen-bond acceptors (Lipinski definition) is 3. The Morgan fingerprint density at radius 2 is 1.95 bits per heavy atom. The number of nitriles is 1. The van der Waals surface area contributed by atoms with Crippen LogP contribution < -0.4 is 5.73 Å². The standard InChI is InChI=1S/C14H8F2N4/c15-9-1-4-12-13(6-9)20(14(18)19-12)10-2-3-11(16)8(5-10)7-17/h1-6H,(H2,18,19). The zero-order chi connectivity index (χ0) is 14.3. The van der Waals surface area contributed by atoms with Crippen molar-refractivity contribution in [3.63, 3.8) is 0 Å². The van der Waals surface area contributed by atoms with Crippen molar-refractivity contribution in [3.05, 3.63) is 53.6 Å². The first-order chi connectivity index (χ1) is 9.60. The zero-order valence-corrected chi connectivity index (χ0v) is 10.1. The van der Waals surface area contributed by atoms with Crippen molar-refractivity contribution in [1.82, 2.24) is 9.55 Å². The number of benzene rings is 2. The molecule has 3 aromatic rings. The zero-order valence-electron chi connectivity index (χ0n) is 10.1. The van der Waals surface area contributed by atoms with Crippen LogP contribution in [0.5, 0.6) is 0 Å². The molecule has 0 saturated heterocycles. The number of aromatic nitrogens is 2. The molecule has 0 aliphatic rings. The van der Waals surface area contributed by atoms with Gasteiger partial charge in [0.15, 0.2) is 0 Å². The van der Waals surface area contributed by atoms with E-state index in [-0.39, 0.29) is 11.5 Å². The molecule has 6 heteroatoms. The van der Waals surface area contributed by atoms with Crippen molar-refractivity contribution in [1.29, 1.82) is 5.26 Å². The maximum atomic E-state index is 13.4. The van der Waals surface area contributed by atoms with E-state index in [9.17, 15) is 8.78 Å². The lowest BCUT2D eigenvalue weighted by Crippen LogP contribution is -2.01. The van der Waals surface area contributed by atoms with E-state index < -0.39 is 11.6 Å². The van der Waals surface area contributed by atoms with Crippen molar-refractivity contribution in [2.24, 2.45) is 0 Å². The lowest BCUT2D eigenvalue weighted by atomic mass is 10.2. The molecule has 1 aromatic heterocycles. The Hall–Kier alpha value is -2.94. The van der Waals surface area contributed by atoms with E-state index >= 15 is 0 Å². The fourth-order valence-corrected chi connectivity index (χ4v) is 2.08. The molecule has 98 valence electrons. The molecule has 2 N–H and O–H groups in total. The number of nitrogen functional groups attached to an aromatic ring is 1. The summed E-state index contributed by atoms with van der Waals surface area (Å²) in [6.07, 6.45) is 0. The third kappa shape index (κ3) is 1.77. The van der Waals surface area contributed by atoms with Gasteiger partial charge in [-0.05, 0) is 30.3 Å². The molecule has 0 unspecified atom stereocenters. The molecule has 0 atom stereocenters. The van der Waals surface area contributed by atoms with Gasteiger partial charge in [-0.25, -0.2) is 13.8 Å². The van der Waals surface area contributed by atoms with E-state index in [0.717, 1.165) is 0 Å². The summed E-state index contributed by atoms with van der Waals surface area (Å²) in [5.74, 6) is -0.909. The number of fused-ring (bicyclic) bond motifs is 1. The van der Waals surface area contributed by atoms with Crippen molar-refractivity contribution in [2.45, 2.75) is 0 Å². The smallest absolute Gasteiger partial charge is 0.205 e. The van der Waals surface area contributed by atoms with Gasteiger partial charge in [-0.1, -0.05) is 0 Å². The van der Waals surface area contributed by atoms with E-state index in [1.54, 1.807) is 6.07 Å². The summed E-state index contributed by atoms with van der Waals surface area (Å²) in [6.45, 7) is 0. The van der Waals surface area contributed by atoms with Gasteiger partial charge in [0.25, 0.3) is 0 Å². The second kappa shape index (κ2) is 4.31. The van der Waals surface area contributed by atoms with Crippen molar-refractivity contribution >= 4 is 17.0 Å². The molecule has 0 spiro atoms. The van der Waals surface area contributed by atoms with E-state index in [1.807, 2.05) is 0 Å². The molecular weight excluding hydrogens is 262 g/mol. The first-order valence-corrected chi connectivity index (χ1v) is 5.73. The van der Waals surface area contributed by atoms with Gasteiger partial charge >= 0.3 is 0 Å². The first-order valence-electron chi connectivity index (χ1n) is 5.73. The summed E-state index contributed by atoms with van der Waals surface area (Å²) < 4.78 is 28.2. The molecule has 0 fully saturated rings. The molecule has 3 rings (SSSR count). The predicted molar refractivity (Wildman–Crippen MR) is 70.1 cm³/mol. The van der Waals surface area contributed by atoms with E-state index in [0.29, 0.717) is 16.7 Å². The highest BCUT2D eigenvalue weighted by Crippen LogP contribution is 2.24. The van der Waals surface area contributed by atoms with Crippen LogP contribution in [-0.2, 0) is 0 Å². The second-order valence-corrected chi connectivity index (χ2v) is 4.21. The van der Waals surface area contributed by atoms with Gasteiger partial charge in [-0.3, -0.25) is 4.57 Å². The van der Waals surface area contributed by atoms with Crippen LogP contribution in [0.1, 0.15) is 5.56 Å². The Kier molecular flexibility index (Phi) is 2.61. The van der Waals surface area contributed by atoms with Gasteiger partial charge in [-0.2, -0.15) is 5.26 Å². The quantitative estimate of drug-likeness (QED) is 0.739. The highest BCUT2D eigenvalue weighted by Gasteiger charge is 2.12. The van der Waals surface area contributed by atoms with Crippen LogP contribution in [0.15, 0.2) is 36.4 Å². The van der Waals surface area contributed by atoms with Gasteiger partial charge in [0, 0.05) is 6.07 Å². The summed E-state index contributed by atoms with van der Waals surface area (Å²) >= 11 is 0. The largest absolute Gasteiger partial charge is 0.369 e. The van der Waals surface area contributed by atoms with Crippen LogP contribution in [0.25, 0.3) is 16.7 Å². The van der Waals surface area contributed by atoms with Crippen LogP contribution in [0, 0.1) is 23.0 Å². The van der Waals surface area contributed by atoms with Gasteiger partial charge < -0.3 is 5.73 Å². The molecule has 0 bridgehead atoms. The topological polar surface area (TPSA) is 67.6 Å². The fourth-order valence-electron chi connectivity index (χ4n) is 2.08. The third-order valence-electron chi connectivity index (χ3n) is 2.97. The number of imidazole rings is 1. The maximum absolute atomic E-state index is 13.4. The van der Waals surface area contributed by atoms with Crippen molar-refractivity contribution in [3.8, 4) is 11.8 Å².